The molecule has 2 atom stereocenters. The van der Waals surface area contributed by atoms with Gasteiger partial charge in [0.25, 0.3) is 0 Å². The number of hydrogen-bond acceptors (Lipinski definition) is 6. The molecule has 0 aromatic carbocycles. The molecule has 2 rings (SSSR count). The van der Waals surface area contributed by atoms with Crippen molar-refractivity contribution >= 4 is 20.1 Å². The van der Waals surface area contributed by atoms with Crippen LogP contribution in [0.25, 0.3) is 0 Å². The zero-order valence-corrected chi connectivity index (χ0v) is 18.2. The van der Waals surface area contributed by atoms with Crippen molar-refractivity contribution in [3.05, 3.63) is 6.33 Å². The van der Waals surface area contributed by atoms with E-state index in [-0.39, 0.29) is 6.54 Å². The molecule has 2 heterocycles. The number of halogens is 1. The van der Waals surface area contributed by atoms with Crippen LogP contribution >= 0.6 is 0 Å². The lowest BCUT2D eigenvalue weighted by atomic mass is 10.2. The van der Waals surface area contributed by atoms with Gasteiger partial charge in [0, 0.05) is 21.2 Å². The molecule has 1 N–H and O–H groups in total. The van der Waals surface area contributed by atoms with Crippen LogP contribution in [0.5, 0.6) is 0 Å². The van der Waals surface area contributed by atoms with Crippen molar-refractivity contribution in [2.24, 2.45) is 0 Å². The first-order chi connectivity index (χ1) is 12.4. The van der Waals surface area contributed by atoms with Crippen molar-refractivity contribution in [3.8, 4) is 0 Å². The van der Waals surface area contributed by atoms with Gasteiger partial charge in [-0.3, -0.25) is 0 Å². The Hall–Kier alpha value is -1.68. The number of rotatable bonds is 7. The maximum absolute atomic E-state index is 14.3. The lowest BCUT2D eigenvalue weighted by Crippen LogP contribution is -2.44. The summed E-state index contributed by atoms with van der Waals surface area (Å²) in [7, 11) is -1.12. The first-order valence-electron chi connectivity index (χ1n) is 9.29. The summed E-state index contributed by atoms with van der Waals surface area (Å²) < 4.78 is 26.7. The van der Waals surface area contributed by atoms with Crippen LogP contribution in [0.2, 0.25) is 25.7 Å². The fourth-order valence-corrected chi connectivity index (χ4v) is 3.31. The van der Waals surface area contributed by atoms with Gasteiger partial charge in [-0.15, -0.1) is 5.10 Å². The number of anilines is 1. The van der Waals surface area contributed by atoms with Gasteiger partial charge < -0.3 is 19.7 Å². The third kappa shape index (κ3) is 7.45. The van der Waals surface area contributed by atoms with E-state index in [0.717, 1.165) is 6.04 Å². The fraction of sp³-hybridized carbons (Fsp3) is 0.824. The van der Waals surface area contributed by atoms with Gasteiger partial charge in [-0.05, 0) is 26.8 Å². The summed E-state index contributed by atoms with van der Waals surface area (Å²) in [6.07, 6.45) is -0.255. The van der Waals surface area contributed by atoms with E-state index in [0.29, 0.717) is 25.8 Å². The van der Waals surface area contributed by atoms with E-state index in [2.05, 4.69) is 35.0 Å². The zero-order chi connectivity index (χ0) is 20.2. The van der Waals surface area contributed by atoms with E-state index < -0.39 is 32.0 Å². The highest BCUT2D eigenvalue weighted by atomic mass is 28.3. The van der Waals surface area contributed by atoms with Crippen LogP contribution < -0.4 is 10.2 Å². The van der Waals surface area contributed by atoms with Crippen molar-refractivity contribution in [1.82, 2.24) is 20.1 Å². The average molecular weight is 402 g/mol. The third-order valence-electron chi connectivity index (χ3n) is 3.98. The minimum atomic E-state index is -1.21. The van der Waals surface area contributed by atoms with E-state index in [1.165, 1.54) is 0 Å². The molecule has 1 saturated heterocycles. The molecule has 10 heteroatoms. The molecule has 1 aliphatic rings. The number of ether oxygens (including phenoxy) is 2. The minimum absolute atomic E-state index is 0.126. The highest BCUT2D eigenvalue weighted by Crippen LogP contribution is 2.19. The van der Waals surface area contributed by atoms with Crippen molar-refractivity contribution < 1.29 is 18.7 Å². The predicted molar refractivity (Wildman–Crippen MR) is 104 cm³/mol. The second-order valence-corrected chi connectivity index (χ2v) is 14.7. The Bertz CT molecular complexity index is 629. The monoisotopic (exact) mass is 401 g/mol. The number of alkyl halides is 1. The van der Waals surface area contributed by atoms with Crippen LogP contribution in [0.15, 0.2) is 6.33 Å². The Labute approximate surface area is 161 Å². The summed E-state index contributed by atoms with van der Waals surface area (Å²) >= 11 is 0. The number of carbonyl (C=O) groups excluding carboxylic acids is 1. The van der Waals surface area contributed by atoms with Gasteiger partial charge in [0.15, 0.2) is 0 Å². The molecule has 0 saturated carbocycles. The summed E-state index contributed by atoms with van der Waals surface area (Å²) in [6.45, 7) is 13.6. The molecule has 1 aliphatic heterocycles. The summed E-state index contributed by atoms with van der Waals surface area (Å²) in [4.78, 5) is 17.8. The van der Waals surface area contributed by atoms with E-state index in [1.807, 2.05) is 0 Å². The molecule has 0 spiro atoms. The molecule has 1 fully saturated rings. The van der Waals surface area contributed by atoms with Crippen molar-refractivity contribution in [1.29, 1.82) is 0 Å². The maximum atomic E-state index is 14.3. The van der Waals surface area contributed by atoms with Gasteiger partial charge in [0.05, 0.1) is 12.6 Å². The Morgan fingerprint density at radius 3 is 2.70 bits per heavy atom. The summed E-state index contributed by atoms with van der Waals surface area (Å²) in [5, 5.41) is 6.93. The molecule has 0 unspecified atom stereocenters. The molecule has 1 amide bonds. The van der Waals surface area contributed by atoms with Crippen LogP contribution in [0.3, 0.4) is 0 Å². The molecule has 1 aromatic rings. The minimum Gasteiger partial charge on any atom is -0.444 e. The number of alkyl carbamates (subject to hydrolysis) is 1. The van der Waals surface area contributed by atoms with Gasteiger partial charge >= 0.3 is 6.09 Å². The number of hydrogen-bond donors (Lipinski definition) is 1. The molecule has 0 radical (unpaired) electrons. The number of nitrogens with zero attached hydrogens (tertiary/aromatic N) is 4. The van der Waals surface area contributed by atoms with Crippen LogP contribution in [0.4, 0.5) is 15.1 Å². The summed E-state index contributed by atoms with van der Waals surface area (Å²) in [6, 6.07) is 0.433. The lowest BCUT2D eigenvalue weighted by molar-refractivity contribution is 0.0490. The van der Waals surface area contributed by atoms with Gasteiger partial charge in [-0.1, -0.05) is 19.6 Å². The largest absolute Gasteiger partial charge is 0.444 e. The molecule has 1 aromatic heterocycles. The number of nitrogens with one attached hydrogen (secondary N) is 1. The standard InChI is InChI=1S/C17H32FN5O3Si/c1-17(2,3)26-16(24)20-14-10-22(9-13(14)18)15-19-11-23(21-15)12-25-7-8-27(4,5)6/h11,13-14H,7-10,12H2,1-6H3,(H,20,24)/t13-,14-/m0/s1. The zero-order valence-electron chi connectivity index (χ0n) is 17.2. The smallest absolute Gasteiger partial charge is 0.408 e. The third-order valence-corrected chi connectivity index (χ3v) is 5.68. The van der Waals surface area contributed by atoms with E-state index in [4.69, 9.17) is 9.47 Å². The molecule has 154 valence electrons. The molecule has 8 nitrogen and oxygen atoms in total. The van der Waals surface area contributed by atoms with E-state index in [9.17, 15) is 9.18 Å². The highest BCUT2D eigenvalue weighted by Gasteiger charge is 2.36. The van der Waals surface area contributed by atoms with Crippen molar-refractivity contribution in [3.63, 3.8) is 0 Å². The Morgan fingerprint density at radius 2 is 2.07 bits per heavy atom. The van der Waals surface area contributed by atoms with Gasteiger partial charge in [0.1, 0.15) is 24.8 Å². The Balaban J connectivity index is 1.82. The SMILES string of the molecule is CC(C)(C)OC(=O)N[C@H]1CN(c2ncn(COCC[Si](C)(C)C)n2)C[C@@H]1F. The van der Waals surface area contributed by atoms with E-state index >= 15 is 0 Å². The molecule has 0 aliphatic carbocycles. The van der Waals surface area contributed by atoms with Crippen LogP contribution in [0, 0.1) is 0 Å². The first kappa shape index (κ1) is 21.6. The Kier molecular flexibility index (Phi) is 6.85. The summed E-state index contributed by atoms with van der Waals surface area (Å²) in [5.74, 6) is 0.430. The molecular weight excluding hydrogens is 369 g/mol. The molecule has 27 heavy (non-hydrogen) atoms. The fourth-order valence-electron chi connectivity index (χ4n) is 2.55. The second-order valence-electron chi connectivity index (χ2n) is 9.11. The number of aromatic nitrogens is 3. The van der Waals surface area contributed by atoms with E-state index in [1.54, 1.807) is 36.7 Å². The first-order valence-corrected chi connectivity index (χ1v) is 13.0. The molecular formula is C17H32FN5O3Si. The van der Waals surface area contributed by atoms with Gasteiger partial charge in [-0.25, -0.2) is 18.9 Å². The predicted octanol–water partition coefficient (Wildman–Crippen LogP) is 2.64. The van der Waals surface area contributed by atoms with Crippen LogP contribution in [-0.2, 0) is 16.2 Å². The Morgan fingerprint density at radius 1 is 1.37 bits per heavy atom. The summed E-state index contributed by atoms with van der Waals surface area (Å²) in [5.41, 5.74) is -0.621. The quantitative estimate of drug-likeness (QED) is 0.559. The van der Waals surface area contributed by atoms with Crippen molar-refractivity contribution in [2.45, 2.75) is 71.0 Å². The number of amides is 1. The normalized spacial score (nSPS) is 20.8. The number of carbonyl (C=O) groups is 1. The van der Waals surface area contributed by atoms with Crippen LogP contribution in [-0.4, -0.2) is 66.4 Å². The van der Waals surface area contributed by atoms with Crippen LogP contribution in [0.1, 0.15) is 20.8 Å². The second kappa shape index (κ2) is 8.55. The van der Waals surface area contributed by atoms with Gasteiger partial charge in [0.2, 0.25) is 5.95 Å². The van der Waals surface area contributed by atoms with Crippen molar-refractivity contribution in [2.75, 3.05) is 24.6 Å². The average Bonchev–Trinajstić information content (AvgIpc) is 3.08. The lowest BCUT2D eigenvalue weighted by Gasteiger charge is -2.22. The topological polar surface area (TPSA) is 81.5 Å². The highest BCUT2D eigenvalue weighted by molar-refractivity contribution is 6.76. The maximum Gasteiger partial charge on any atom is 0.408 e. The van der Waals surface area contributed by atoms with Gasteiger partial charge in [-0.2, -0.15) is 0 Å². The molecule has 0 bridgehead atoms.